The van der Waals surface area contributed by atoms with Gasteiger partial charge in [0.2, 0.25) is 5.91 Å². The van der Waals surface area contributed by atoms with Gasteiger partial charge in [0, 0.05) is 25.5 Å². The molecule has 0 radical (unpaired) electrons. The van der Waals surface area contributed by atoms with E-state index in [4.69, 9.17) is 4.74 Å². The Morgan fingerprint density at radius 1 is 1.03 bits per heavy atom. The fraction of sp³-hybridized carbons (Fsp3) is 0.154. The molecule has 0 atom stereocenters. The summed E-state index contributed by atoms with van der Waals surface area (Å²) in [6.45, 7) is 0. The van der Waals surface area contributed by atoms with Crippen molar-refractivity contribution in [3.05, 3.63) is 88.7 Å². The molecule has 0 aliphatic carbocycles. The summed E-state index contributed by atoms with van der Waals surface area (Å²) in [6, 6.07) is 21.2. The Balaban J connectivity index is 1.65. The molecule has 9 heteroatoms. The van der Waals surface area contributed by atoms with Crippen LogP contribution >= 0.6 is 11.8 Å². The van der Waals surface area contributed by atoms with Crippen molar-refractivity contribution in [1.29, 1.82) is 0 Å². The summed E-state index contributed by atoms with van der Waals surface area (Å²) in [7, 11) is 5.18. The molecular weight excluding hydrogens is 464 g/mol. The summed E-state index contributed by atoms with van der Waals surface area (Å²) in [5.41, 5.74) is 2.68. The number of fused-ring (bicyclic) bond motifs is 1. The Hall–Kier alpha value is -4.11. The van der Waals surface area contributed by atoms with Crippen LogP contribution in [0.3, 0.4) is 0 Å². The number of para-hydroxylation sites is 1. The van der Waals surface area contributed by atoms with E-state index in [9.17, 15) is 14.4 Å². The molecule has 1 aromatic heterocycles. The molecular formula is C26H24N4O4S. The van der Waals surface area contributed by atoms with Gasteiger partial charge in [0.25, 0.3) is 5.56 Å². The van der Waals surface area contributed by atoms with Crippen molar-refractivity contribution in [2.75, 3.05) is 37.2 Å². The first kappa shape index (κ1) is 24.0. The molecule has 1 amide bonds. The number of amides is 1. The third kappa shape index (κ3) is 5.36. The minimum atomic E-state index is -0.519. The van der Waals surface area contributed by atoms with Crippen LogP contribution in [-0.4, -0.2) is 48.4 Å². The average Bonchev–Trinajstić information content (AvgIpc) is 2.87. The van der Waals surface area contributed by atoms with Gasteiger partial charge in [-0.3, -0.25) is 14.2 Å². The van der Waals surface area contributed by atoms with Crippen LogP contribution in [0, 0.1) is 0 Å². The first-order valence-electron chi connectivity index (χ1n) is 10.8. The SMILES string of the molecule is COC(=O)c1ccc2c(=O)n(-c3ccccc3)c(SCC(=O)Nc3ccc(N(C)C)cc3)nc2c1. The molecule has 0 fully saturated rings. The number of hydrogen-bond acceptors (Lipinski definition) is 7. The van der Waals surface area contributed by atoms with Crippen molar-refractivity contribution < 1.29 is 14.3 Å². The Labute approximate surface area is 206 Å². The highest BCUT2D eigenvalue weighted by Crippen LogP contribution is 2.23. The number of carbonyl (C=O) groups excluding carboxylic acids is 2. The van der Waals surface area contributed by atoms with E-state index in [-0.39, 0.29) is 17.2 Å². The topological polar surface area (TPSA) is 93.5 Å². The van der Waals surface area contributed by atoms with E-state index in [0.717, 1.165) is 17.4 Å². The molecule has 0 spiro atoms. The number of nitrogens with one attached hydrogen (secondary N) is 1. The predicted molar refractivity (Wildman–Crippen MR) is 139 cm³/mol. The molecule has 3 aromatic carbocycles. The predicted octanol–water partition coefficient (Wildman–Crippen LogP) is 3.97. The van der Waals surface area contributed by atoms with Gasteiger partial charge in [-0.15, -0.1) is 0 Å². The van der Waals surface area contributed by atoms with Crippen molar-refractivity contribution in [2.45, 2.75) is 5.16 Å². The van der Waals surface area contributed by atoms with Gasteiger partial charge in [-0.1, -0.05) is 30.0 Å². The Morgan fingerprint density at radius 3 is 2.40 bits per heavy atom. The van der Waals surface area contributed by atoms with Crippen molar-refractivity contribution in [2.24, 2.45) is 0 Å². The van der Waals surface area contributed by atoms with E-state index in [0.29, 0.717) is 33.0 Å². The number of esters is 1. The van der Waals surface area contributed by atoms with Gasteiger partial charge >= 0.3 is 5.97 Å². The zero-order chi connectivity index (χ0) is 24.9. The van der Waals surface area contributed by atoms with Crippen LogP contribution < -0.4 is 15.8 Å². The lowest BCUT2D eigenvalue weighted by atomic mass is 10.1. The molecule has 0 aliphatic rings. The van der Waals surface area contributed by atoms with Gasteiger partial charge in [-0.05, 0) is 54.6 Å². The van der Waals surface area contributed by atoms with E-state index in [2.05, 4.69) is 10.3 Å². The van der Waals surface area contributed by atoms with Crippen molar-refractivity contribution in [3.8, 4) is 5.69 Å². The van der Waals surface area contributed by atoms with Crippen LogP contribution in [0.4, 0.5) is 11.4 Å². The molecule has 0 unspecified atom stereocenters. The zero-order valence-electron chi connectivity index (χ0n) is 19.5. The second-order valence-electron chi connectivity index (χ2n) is 7.87. The summed E-state index contributed by atoms with van der Waals surface area (Å²) < 4.78 is 6.26. The first-order valence-corrected chi connectivity index (χ1v) is 11.8. The number of carbonyl (C=O) groups is 2. The summed E-state index contributed by atoms with van der Waals surface area (Å²) in [6.07, 6.45) is 0. The second-order valence-corrected chi connectivity index (χ2v) is 8.81. The number of ether oxygens (including phenoxy) is 1. The standard InChI is InChI=1S/C26H24N4O4S/c1-29(2)19-12-10-18(11-13-19)27-23(31)16-35-26-28-22-15-17(25(33)34-3)9-14-21(22)24(32)30(26)20-7-5-4-6-8-20/h4-15H,16H2,1-3H3,(H,27,31). The smallest absolute Gasteiger partial charge is 0.337 e. The monoisotopic (exact) mass is 488 g/mol. The molecule has 8 nitrogen and oxygen atoms in total. The average molecular weight is 489 g/mol. The highest BCUT2D eigenvalue weighted by atomic mass is 32.2. The lowest BCUT2D eigenvalue weighted by Crippen LogP contribution is -2.23. The third-order valence-corrected chi connectivity index (χ3v) is 6.21. The maximum atomic E-state index is 13.4. The molecule has 4 rings (SSSR count). The fourth-order valence-electron chi connectivity index (χ4n) is 3.48. The normalized spacial score (nSPS) is 10.7. The van der Waals surface area contributed by atoms with Crippen molar-refractivity contribution >= 4 is 45.9 Å². The van der Waals surface area contributed by atoms with E-state index in [1.54, 1.807) is 18.2 Å². The molecule has 35 heavy (non-hydrogen) atoms. The summed E-state index contributed by atoms with van der Waals surface area (Å²) in [5, 5.41) is 3.57. The Kier molecular flexibility index (Phi) is 7.17. The number of rotatable bonds is 7. The third-order valence-electron chi connectivity index (χ3n) is 5.27. The summed E-state index contributed by atoms with van der Waals surface area (Å²) in [5.74, 6) is -0.712. The van der Waals surface area contributed by atoms with Gasteiger partial charge in [0.1, 0.15) is 0 Å². The van der Waals surface area contributed by atoms with E-state index >= 15 is 0 Å². The number of thioether (sulfide) groups is 1. The van der Waals surface area contributed by atoms with Gasteiger partial charge < -0.3 is 15.0 Å². The highest BCUT2D eigenvalue weighted by Gasteiger charge is 2.17. The van der Waals surface area contributed by atoms with Gasteiger partial charge in [-0.25, -0.2) is 9.78 Å². The second kappa shape index (κ2) is 10.4. The molecule has 1 heterocycles. The fourth-order valence-corrected chi connectivity index (χ4v) is 4.29. The molecule has 0 saturated heterocycles. The maximum absolute atomic E-state index is 13.4. The molecule has 4 aromatic rings. The first-order chi connectivity index (χ1) is 16.9. The van der Waals surface area contributed by atoms with Crippen LogP contribution in [0.5, 0.6) is 0 Å². The number of nitrogens with zero attached hydrogens (tertiary/aromatic N) is 3. The number of benzene rings is 3. The Morgan fingerprint density at radius 2 is 1.74 bits per heavy atom. The van der Waals surface area contributed by atoms with Gasteiger partial charge in [0.15, 0.2) is 5.16 Å². The molecule has 0 saturated carbocycles. The van der Waals surface area contributed by atoms with Crippen LogP contribution in [0.15, 0.2) is 82.7 Å². The van der Waals surface area contributed by atoms with Crippen LogP contribution in [-0.2, 0) is 9.53 Å². The minimum absolute atomic E-state index is 0.0386. The van der Waals surface area contributed by atoms with Crippen molar-refractivity contribution in [1.82, 2.24) is 9.55 Å². The van der Waals surface area contributed by atoms with Crippen LogP contribution in [0.1, 0.15) is 10.4 Å². The molecule has 178 valence electrons. The zero-order valence-corrected chi connectivity index (χ0v) is 20.3. The summed E-state index contributed by atoms with van der Waals surface area (Å²) >= 11 is 1.14. The molecule has 0 aliphatic heterocycles. The van der Waals surface area contributed by atoms with Crippen molar-refractivity contribution in [3.63, 3.8) is 0 Å². The van der Waals surface area contributed by atoms with E-state index in [1.807, 2.05) is 61.5 Å². The van der Waals surface area contributed by atoms with E-state index in [1.165, 1.54) is 23.8 Å². The van der Waals surface area contributed by atoms with Gasteiger partial charge in [0.05, 0.1) is 35.0 Å². The molecule has 1 N–H and O–H groups in total. The lowest BCUT2D eigenvalue weighted by molar-refractivity contribution is -0.113. The minimum Gasteiger partial charge on any atom is -0.465 e. The Bertz CT molecular complexity index is 1430. The maximum Gasteiger partial charge on any atom is 0.337 e. The number of aromatic nitrogens is 2. The van der Waals surface area contributed by atoms with Gasteiger partial charge in [-0.2, -0.15) is 0 Å². The lowest BCUT2D eigenvalue weighted by Gasteiger charge is -2.14. The highest BCUT2D eigenvalue weighted by molar-refractivity contribution is 7.99. The van der Waals surface area contributed by atoms with Crippen LogP contribution in [0.25, 0.3) is 16.6 Å². The summed E-state index contributed by atoms with van der Waals surface area (Å²) in [4.78, 5) is 44.7. The number of anilines is 2. The van der Waals surface area contributed by atoms with Crippen LogP contribution in [0.2, 0.25) is 0 Å². The van der Waals surface area contributed by atoms with E-state index < -0.39 is 5.97 Å². The largest absolute Gasteiger partial charge is 0.465 e. The molecule has 0 bridgehead atoms. The number of methoxy groups -OCH3 is 1. The number of hydrogen-bond donors (Lipinski definition) is 1. The quantitative estimate of drug-likeness (QED) is 0.239.